The zero-order valence-corrected chi connectivity index (χ0v) is 19.4. The maximum Gasteiger partial charge on any atom is 0.225 e. The number of rotatable bonds is 8. The van der Waals surface area contributed by atoms with Crippen molar-refractivity contribution < 1.29 is 14.3 Å². The number of guanidine groups is 1. The van der Waals surface area contributed by atoms with E-state index < -0.39 is 0 Å². The van der Waals surface area contributed by atoms with Crippen LogP contribution in [0.1, 0.15) is 25.8 Å². The first-order valence-corrected chi connectivity index (χ1v) is 11.2. The fraction of sp³-hybridized carbons (Fsp3) is 0.440. The molecule has 0 spiro atoms. The predicted molar refractivity (Wildman–Crippen MR) is 128 cm³/mol. The third-order valence-electron chi connectivity index (χ3n) is 5.48. The number of methoxy groups -OCH3 is 1. The van der Waals surface area contributed by atoms with E-state index in [4.69, 9.17) is 9.47 Å². The molecule has 1 aliphatic heterocycles. The minimum absolute atomic E-state index is 0.0409. The number of hydrogen-bond acceptors (Lipinski definition) is 4. The van der Waals surface area contributed by atoms with Crippen LogP contribution in [0.5, 0.6) is 17.2 Å². The lowest BCUT2D eigenvalue weighted by Gasteiger charge is -2.20. The largest absolute Gasteiger partial charge is 0.497 e. The van der Waals surface area contributed by atoms with Crippen LogP contribution in [-0.2, 0) is 11.2 Å². The first-order chi connectivity index (χ1) is 15.5. The molecule has 2 aromatic rings. The summed E-state index contributed by atoms with van der Waals surface area (Å²) in [5.74, 6) is 3.41. The van der Waals surface area contributed by atoms with Crippen molar-refractivity contribution in [2.24, 2.45) is 10.9 Å². The Kier molecular flexibility index (Phi) is 8.36. The van der Waals surface area contributed by atoms with Crippen LogP contribution in [0.2, 0.25) is 0 Å². The minimum atomic E-state index is 0.0409. The highest BCUT2D eigenvalue weighted by Crippen LogP contribution is 2.24. The molecule has 7 nitrogen and oxygen atoms in total. The molecule has 172 valence electrons. The van der Waals surface area contributed by atoms with E-state index in [2.05, 4.69) is 27.8 Å². The van der Waals surface area contributed by atoms with E-state index in [9.17, 15) is 4.79 Å². The Morgan fingerprint density at radius 3 is 2.31 bits per heavy atom. The number of likely N-dealkylation sites (tertiary alicyclic amines) is 1. The fourth-order valence-corrected chi connectivity index (χ4v) is 3.66. The van der Waals surface area contributed by atoms with Crippen molar-refractivity contribution in [3.8, 4) is 17.2 Å². The van der Waals surface area contributed by atoms with Gasteiger partial charge in [0.05, 0.1) is 7.11 Å². The number of amides is 1. The number of carbonyl (C=O) groups is 1. The molecule has 1 atom stereocenters. The van der Waals surface area contributed by atoms with Gasteiger partial charge in [-0.25, -0.2) is 0 Å². The molecule has 0 saturated carbocycles. The van der Waals surface area contributed by atoms with Gasteiger partial charge in [0.1, 0.15) is 17.2 Å². The van der Waals surface area contributed by atoms with Crippen LogP contribution in [0.15, 0.2) is 53.5 Å². The third kappa shape index (κ3) is 6.64. The smallest absolute Gasteiger partial charge is 0.225 e. The van der Waals surface area contributed by atoms with Crippen molar-refractivity contribution in [1.29, 1.82) is 0 Å². The molecule has 1 unspecified atom stereocenters. The van der Waals surface area contributed by atoms with E-state index in [1.807, 2.05) is 55.1 Å². The predicted octanol–water partition coefficient (Wildman–Crippen LogP) is 3.45. The van der Waals surface area contributed by atoms with Crippen molar-refractivity contribution in [3.05, 3.63) is 54.1 Å². The summed E-state index contributed by atoms with van der Waals surface area (Å²) in [5.41, 5.74) is 1.21. The highest BCUT2D eigenvalue weighted by molar-refractivity contribution is 5.81. The zero-order chi connectivity index (χ0) is 22.9. The van der Waals surface area contributed by atoms with Gasteiger partial charge in [0, 0.05) is 38.6 Å². The molecule has 2 aromatic carbocycles. The molecule has 7 heteroatoms. The van der Waals surface area contributed by atoms with Crippen molar-refractivity contribution in [3.63, 3.8) is 0 Å². The lowest BCUT2D eigenvalue weighted by atomic mass is 10.1. The van der Waals surface area contributed by atoms with Crippen molar-refractivity contribution in [2.45, 2.75) is 32.7 Å². The summed E-state index contributed by atoms with van der Waals surface area (Å²) in [6.45, 7) is 6.19. The molecule has 2 N–H and O–H groups in total. The SMILES string of the molecule is CN=C(NCCc1ccc(Oc2ccc(OC)cc2)cc1)NC1CCN(C(=O)C(C)C)C1. The summed E-state index contributed by atoms with van der Waals surface area (Å²) < 4.78 is 11.0. The Morgan fingerprint density at radius 1 is 1.09 bits per heavy atom. The Morgan fingerprint density at radius 2 is 1.72 bits per heavy atom. The summed E-state index contributed by atoms with van der Waals surface area (Å²) in [5, 5.41) is 6.81. The second-order valence-corrected chi connectivity index (χ2v) is 8.24. The van der Waals surface area contributed by atoms with Gasteiger partial charge in [0.25, 0.3) is 0 Å². The normalized spacial score (nSPS) is 16.2. The zero-order valence-electron chi connectivity index (χ0n) is 19.4. The van der Waals surface area contributed by atoms with Gasteiger partial charge < -0.3 is 25.0 Å². The van der Waals surface area contributed by atoms with Gasteiger partial charge in [-0.3, -0.25) is 9.79 Å². The molecular formula is C25H34N4O3. The number of nitrogens with zero attached hydrogens (tertiary/aromatic N) is 2. The van der Waals surface area contributed by atoms with Gasteiger partial charge in [-0.1, -0.05) is 26.0 Å². The Hall–Kier alpha value is -3.22. The lowest BCUT2D eigenvalue weighted by molar-refractivity contribution is -0.133. The molecule has 1 heterocycles. The highest BCUT2D eigenvalue weighted by Gasteiger charge is 2.27. The van der Waals surface area contributed by atoms with Crippen LogP contribution in [0.4, 0.5) is 0 Å². The third-order valence-corrected chi connectivity index (χ3v) is 5.48. The summed E-state index contributed by atoms with van der Waals surface area (Å²) >= 11 is 0. The number of carbonyl (C=O) groups excluding carboxylic acids is 1. The van der Waals surface area contributed by atoms with Crippen LogP contribution in [0.25, 0.3) is 0 Å². The molecule has 0 aromatic heterocycles. The maximum absolute atomic E-state index is 12.2. The molecule has 3 rings (SSSR count). The topological polar surface area (TPSA) is 75.2 Å². The molecule has 0 bridgehead atoms. The number of hydrogen-bond donors (Lipinski definition) is 2. The van der Waals surface area contributed by atoms with E-state index >= 15 is 0 Å². The second-order valence-electron chi connectivity index (χ2n) is 8.24. The molecule has 0 radical (unpaired) electrons. The van der Waals surface area contributed by atoms with Gasteiger partial charge in [-0.2, -0.15) is 0 Å². The van der Waals surface area contributed by atoms with Crippen LogP contribution in [0, 0.1) is 5.92 Å². The standard InChI is InChI=1S/C25H34N4O3/c1-18(2)24(30)29-16-14-20(17-29)28-25(26-3)27-15-13-19-5-7-22(8-6-19)32-23-11-9-21(31-4)10-12-23/h5-12,18,20H,13-17H2,1-4H3,(H2,26,27,28). The number of nitrogens with one attached hydrogen (secondary N) is 2. The van der Waals surface area contributed by atoms with Crippen molar-refractivity contribution in [2.75, 3.05) is 33.8 Å². The van der Waals surface area contributed by atoms with E-state index in [1.54, 1.807) is 14.2 Å². The van der Waals surface area contributed by atoms with Crippen LogP contribution in [0.3, 0.4) is 0 Å². The summed E-state index contributed by atoms with van der Waals surface area (Å²) in [4.78, 5) is 18.4. The first-order valence-electron chi connectivity index (χ1n) is 11.2. The summed E-state index contributed by atoms with van der Waals surface area (Å²) in [6.07, 6.45) is 1.81. The Bertz CT molecular complexity index is 894. The number of ether oxygens (including phenoxy) is 2. The quantitative estimate of drug-likeness (QED) is 0.488. The minimum Gasteiger partial charge on any atom is -0.497 e. The van der Waals surface area contributed by atoms with Gasteiger partial charge in [0.2, 0.25) is 5.91 Å². The molecular weight excluding hydrogens is 404 g/mol. The molecule has 1 fully saturated rings. The van der Waals surface area contributed by atoms with Crippen molar-refractivity contribution >= 4 is 11.9 Å². The number of aliphatic imine (C=N–C) groups is 1. The highest BCUT2D eigenvalue weighted by atomic mass is 16.5. The van der Waals surface area contributed by atoms with Crippen LogP contribution in [-0.4, -0.2) is 56.6 Å². The van der Waals surface area contributed by atoms with E-state index in [0.29, 0.717) is 0 Å². The van der Waals surface area contributed by atoms with Gasteiger partial charge in [-0.05, 0) is 54.8 Å². The van der Waals surface area contributed by atoms with Crippen LogP contribution < -0.4 is 20.1 Å². The Labute approximate surface area is 190 Å². The summed E-state index contributed by atoms with van der Waals surface area (Å²) in [6, 6.07) is 15.9. The average Bonchev–Trinajstić information content (AvgIpc) is 3.28. The fourth-order valence-electron chi connectivity index (χ4n) is 3.66. The van der Waals surface area contributed by atoms with E-state index in [-0.39, 0.29) is 17.9 Å². The van der Waals surface area contributed by atoms with Crippen molar-refractivity contribution in [1.82, 2.24) is 15.5 Å². The molecule has 0 aliphatic carbocycles. The van der Waals surface area contributed by atoms with Crippen LogP contribution >= 0.6 is 0 Å². The Balaban J connectivity index is 1.41. The number of benzene rings is 2. The average molecular weight is 439 g/mol. The van der Waals surface area contributed by atoms with Gasteiger partial charge >= 0.3 is 0 Å². The van der Waals surface area contributed by atoms with E-state index in [0.717, 1.165) is 55.7 Å². The maximum atomic E-state index is 12.2. The molecule has 1 saturated heterocycles. The molecule has 1 aliphatic rings. The second kappa shape index (κ2) is 11.4. The summed E-state index contributed by atoms with van der Waals surface area (Å²) in [7, 11) is 3.42. The monoisotopic (exact) mass is 438 g/mol. The molecule has 1 amide bonds. The van der Waals surface area contributed by atoms with E-state index in [1.165, 1.54) is 5.56 Å². The van der Waals surface area contributed by atoms with Gasteiger partial charge in [-0.15, -0.1) is 0 Å². The first kappa shape index (κ1) is 23.4. The lowest BCUT2D eigenvalue weighted by Crippen LogP contribution is -2.45. The van der Waals surface area contributed by atoms with Gasteiger partial charge in [0.15, 0.2) is 5.96 Å². The molecule has 32 heavy (non-hydrogen) atoms.